The zero-order chi connectivity index (χ0) is 12.1. The molecule has 1 unspecified atom stereocenters. The largest absolute Gasteiger partial charge is 0.305 e. The molecule has 2 aromatic rings. The Kier molecular flexibility index (Phi) is 4.34. The van der Waals surface area contributed by atoms with Crippen LogP contribution in [0.1, 0.15) is 41.9 Å². The normalized spacial score (nSPS) is 12.8. The Morgan fingerprint density at radius 2 is 2.41 bits per heavy atom. The highest BCUT2D eigenvalue weighted by atomic mass is 32.1. The first-order valence-electron chi connectivity index (χ1n) is 6.07. The minimum atomic E-state index is 0.467. The van der Waals surface area contributed by atoms with Crippen molar-refractivity contribution in [3.05, 3.63) is 39.8 Å². The molecule has 4 heteroatoms. The van der Waals surface area contributed by atoms with Crippen molar-refractivity contribution < 1.29 is 0 Å². The standard InChI is InChI=1S/C13H19N3S/c1-3-5-12(13-6-4-7-17-13)14-8-11-9-15-16-10(11)2/h4,6-7,9,12,14H,3,5,8H2,1-2H3,(H,15,16). The van der Waals surface area contributed by atoms with Gasteiger partial charge < -0.3 is 5.32 Å². The molecule has 0 aliphatic heterocycles. The summed E-state index contributed by atoms with van der Waals surface area (Å²) in [4.78, 5) is 1.42. The zero-order valence-corrected chi connectivity index (χ0v) is 11.2. The number of thiophene rings is 1. The monoisotopic (exact) mass is 249 g/mol. The summed E-state index contributed by atoms with van der Waals surface area (Å²) in [7, 11) is 0. The van der Waals surface area contributed by atoms with Crippen molar-refractivity contribution in [2.75, 3.05) is 0 Å². The first-order valence-corrected chi connectivity index (χ1v) is 6.95. The van der Waals surface area contributed by atoms with Gasteiger partial charge in [-0.3, -0.25) is 5.10 Å². The Morgan fingerprint density at radius 1 is 1.53 bits per heavy atom. The molecule has 2 heterocycles. The van der Waals surface area contributed by atoms with Crippen LogP contribution >= 0.6 is 11.3 Å². The van der Waals surface area contributed by atoms with Crippen LogP contribution in [0.25, 0.3) is 0 Å². The van der Waals surface area contributed by atoms with E-state index >= 15 is 0 Å². The highest BCUT2D eigenvalue weighted by molar-refractivity contribution is 7.10. The SMILES string of the molecule is CCCC(NCc1cn[nH]c1C)c1cccs1. The molecule has 17 heavy (non-hydrogen) atoms. The maximum Gasteiger partial charge on any atom is 0.0535 e. The molecule has 2 aromatic heterocycles. The second-order valence-corrected chi connectivity index (χ2v) is 5.24. The maximum absolute atomic E-state index is 4.05. The summed E-state index contributed by atoms with van der Waals surface area (Å²) in [6.07, 6.45) is 4.27. The van der Waals surface area contributed by atoms with Crippen LogP contribution < -0.4 is 5.32 Å². The number of nitrogens with zero attached hydrogens (tertiary/aromatic N) is 1. The number of hydrogen-bond acceptors (Lipinski definition) is 3. The fourth-order valence-corrected chi connectivity index (χ4v) is 2.75. The molecule has 0 saturated carbocycles. The molecule has 2 rings (SSSR count). The van der Waals surface area contributed by atoms with E-state index < -0.39 is 0 Å². The van der Waals surface area contributed by atoms with E-state index in [2.05, 4.69) is 46.9 Å². The minimum absolute atomic E-state index is 0.467. The summed E-state index contributed by atoms with van der Waals surface area (Å²) in [5.74, 6) is 0. The molecular formula is C13H19N3S. The van der Waals surface area contributed by atoms with Gasteiger partial charge in [-0.25, -0.2) is 0 Å². The average molecular weight is 249 g/mol. The molecule has 1 atom stereocenters. The lowest BCUT2D eigenvalue weighted by atomic mass is 10.1. The lowest BCUT2D eigenvalue weighted by molar-refractivity contribution is 0.500. The van der Waals surface area contributed by atoms with Crippen LogP contribution in [0.3, 0.4) is 0 Å². The van der Waals surface area contributed by atoms with Crippen molar-refractivity contribution in [2.45, 2.75) is 39.3 Å². The molecule has 0 amide bonds. The van der Waals surface area contributed by atoms with Crippen molar-refractivity contribution in [1.29, 1.82) is 0 Å². The highest BCUT2D eigenvalue weighted by Gasteiger charge is 2.11. The molecule has 0 radical (unpaired) electrons. The third-order valence-electron chi connectivity index (χ3n) is 2.94. The van der Waals surface area contributed by atoms with E-state index in [-0.39, 0.29) is 0 Å². The van der Waals surface area contributed by atoms with Crippen molar-refractivity contribution in [1.82, 2.24) is 15.5 Å². The molecule has 0 fully saturated rings. The molecule has 0 saturated heterocycles. The molecule has 0 aliphatic carbocycles. The summed E-state index contributed by atoms with van der Waals surface area (Å²) < 4.78 is 0. The van der Waals surface area contributed by atoms with Gasteiger partial charge in [0.2, 0.25) is 0 Å². The summed E-state index contributed by atoms with van der Waals surface area (Å²) in [6, 6.07) is 4.79. The zero-order valence-electron chi connectivity index (χ0n) is 10.4. The fraction of sp³-hybridized carbons (Fsp3) is 0.462. The molecule has 0 bridgehead atoms. The number of aromatic nitrogens is 2. The first-order chi connectivity index (χ1) is 8.31. The van der Waals surface area contributed by atoms with E-state index in [1.807, 2.05) is 17.5 Å². The fourth-order valence-electron chi connectivity index (χ4n) is 1.91. The molecule has 0 aromatic carbocycles. The summed E-state index contributed by atoms with van der Waals surface area (Å²) in [5, 5.41) is 12.8. The lowest BCUT2D eigenvalue weighted by Crippen LogP contribution is -2.20. The molecule has 2 N–H and O–H groups in total. The van der Waals surface area contributed by atoms with E-state index in [1.54, 1.807) is 0 Å². The van der Waals surface area contributed by atoms with Crippen LogP contribution in [0.2, 0.25) is 0 Å². The van der Waals surface area contributed by atoms with Gasteiger partial charge in [-0.2, -0.15) is 5.10 Å². The Labute approximate surface area is 106 Å². The van der Waals surface area contributed by atoms with E-state index in [1.165, 1.54) is 23.3 Å². The molecular weight excluding hydrogens is 230 g/mol. The van der Waals surface area contributed by atoms with Crippen LogP contribution in [0.15, 0.2) is 23.7 Å². The van der Waals surface area contributed by atoms with E-state index in [0.29, 0.717) is 6.04 Å². The molecule has 0 aliphatic rings. The molecule has 3 nitrogen and oxygen atoms in total. The topological polar surface area (TPSA) is 40.7 Å². The number of rotatable bonds is 6. The Hall–Kier alpha value is -1.13. The predicted molar refractivity (Wildman–Crippen MR) is 72.1 cm³/mol. The highest BCUT2D eigenvalue weighted by Crippen LogP contribution is 2.23. The number of nitrogens with one attached hydrogen (secondary N) is 2. The van der Waals surface area contributed by atoms with Gasteiger partial charge in [0.15, 0.2) is 0 Å². The van der Waals surface area contributed by atoms with Crippen molar-refractivity contribution in [3.63, 3.8) is 0 Å². The first kappa shape index (κ1) is 12.3. The van der Waals surface area contributed by atoms with E-state index in [0.717, 1.165) is 12.2 Å². The second kappa shape index (κ2) is 5.98. The smallest absolute Gasteiger partial charge is 0.0535 e. The van der Waals surface area contributed by atoms with Gasteiger partial charge in [0.1, 0.15) is 0 Å². The summed E-state index contributed by atoms with van der Waals surface area (Å²) in [6.45, 7) is 5.17. The molecule has 92 valence electrons. The third-order valence-corrected chi connectivity index (χ3v) is 3.92. The van der Waals surface area contributed by atoms with Gasteiger partial charge >= 0.3 is 0 Å². The van der Waals surface area contributed by atoms with Crippen molar-refractivity contribution in [2.24, 2.45) is 0 Å². The predicted octanol–water partition coefficient (Wildman–Crippen LogP) is 3.41. The third kappa shape index (κ3) is 3.17. The Balaban J connectivity index is 1.97. The number of H-pyrrole nitrogens is 1. The maximum atomic E-state index is 4.05. The van der Waals surface area contributed by atoms with Crippen LogP contribution in [0.4, 0.5) is 0 Å². The second-order valence-electron chi connectivity index (χ2n) is 4.26. The van der Waals surface area contributed by atoms with Gasteiger partial charge in [0.25, 0.3) is 0 Å². The van der Waals surface area contributed by atoms with Gasteiger partial charge in [-0.1, -0.05) is 19.4 Å². The number of hydrogen-bond donors (Lipinski definition) is 2. The van der Waals surface area contributed by atoms with E-state index in [9.17, 15) is 0 Å². The van der Waals surface area contributed by atoms with Crippen molar-refractivity contribution in [3.8, 4) is 0 Å². The average Bonchev–Trinajstić information content (AvgIpc) is 2.96. The van der Waals surface area contributed by atoms with Gasteiger partial charge in [-0.05, 0) is 24.8 Å². The van der Waals surface area contributed by atoms with Crippen LogP contribution in [-0.4, -0.2) is 10.2 Å². The Morgan fingerprint density at radius 3 is 3.00 bits per heavy atom. The van der Waals surface area contributed by atoms with E-state index in [4.69, 9.17) is 0 Å². The summed E-state index contributed by atoms with van der Waals surface area (Å²) >= 11 is 1.83. The van der Waals surface area contributed by atoms with Crippen LogP contribution in [0.5, 0.6) is 0 Å². The van der Waals surface area contributed by atoms with Crippen LogP contribution in [-0.2, 0) is 6.54 Å². The minimum Gasteiger partial charge on any atom is -0.305 e. The lowest BCUT2D eigenvalue weighted by Gasteiger charge is -2.16. The molecule has 0 spiro atoms. The Bertz CT molecular complexity index is 433. The quantitative estimate of drug-likeness (QED) is 0.823. The van der Waals surface area contributed by atoms with Gasteiger partial charge in [0.05, 0.1) is 6.20 Å². The van der Waals surface area contributed by atoms with Gasteiger partial charge in [0, 0.05) is 28.7 Å². The van der Waals surface area contributed by atoms with Crippen molar-refractivity contribution >= 4 is 11.3 Å². The van der Waals surface area contributed by atoms with Crippen LogP contribution in [0, 0.1) is 6.92 Å². The number of aryl methyl sites for hydroxylation is 1. The summed E-state index contributed by atoms with van der Waals surface area (Å²) in [5.41, 5.74) is 2.40. The van der Waals surface area contributed by atoms with Gasteiger partial charge in [-0.15, -0.1) is 11.3 Å². The number of aromatic amines is 1.